The predicted molar refractivity (Wildman–Crippen MR) is 138 cm³/mol. The molecule has 1 saturated heterocycles. The molecule has 36 heavy (non-hydrogen) atoms. The Morgan fingerprint density at radius 1 is 1.06 bits per heavy atom. The van der Waals surface area contributed by atoms with Gasteiger partial charge in [0.15, 0.2) is 11.5 Å². The first-order chi connectivity index (χ1) is 17.4. The molecular weight excluding hydrogens is 478 g/mol. The topological polar surface area (TPSA) is 105 Å². The highest BCUT2D eigenvalue weighted by molar-refractivity contribution is 7.89. The van der Waals surface area contributed by atoms with Gasteiger partial charge < -0.3 is 14.5 Å². The number of benzene rings is 2. The third kappa shape index (κ3) is 4.77. The average molecular weight is 508 g/mol. The molecule has 1 fully saturated rings. The maximum atomic E-state index is 12.3. The van der Waals surface area contributed by atoms with Crippen LogP contribution < -0.4 is 14.4 Å². The average Bonchev–Trinajstić information content (AvgIpc) is 3.31. The fourth-order valence-electron chi connectivity index (χ4n) is 4.39. The molecule has 0 unspecified atom stereocenters. The van der Waals surface area contributed by atoms with Crippen molar-refractivity contribution in [2.75, 3.05) is 52.3 Å². The number of nitrogens with one attached hydrogen (secondary N) is 1. The summed E-state index contributed by atoms with van der Waals surface area (Å²) in [5.41, 5.74) is 4.06. The Hall–Kier alpha value is -3.54. The number of likely N-dealkylation sites (N-methyl/N-ethyl adjacent to an activating group) is 1. The number of nitrogens with zero attached hydrogens (tertiary/aromatic N) is 6. The minimum absolute atomic E-state index is 0.173. The lowest BCUT2D eigenvalue weighted by Crippen LogP contribution is -2.44. The van der Waals surface area contributed by atoms with Crippen molar-refractivity contribution in [3.05, 3.63) is 66.2 Å². The van der Waals surface area contributed by atoms with E-state index in [-0.39, 0.29) is 4.90 Å². The molecule has 0 spiro atoms. The third-order valence-electron chi connectivity index (χ3n) is 6.45. The van der Waals surface area contributed by atoms with Gasteiger partial charge in [-0.2, -0.15) is 5.10 Å². The summed E-state index contributed by atoms with van der Waals surface area (Å²) in [5, 5.41) is 4.72. The van der Waals surface area contributed by atoms with Crippen molar-refractivity contribution in [3.63, 3.8) is 0 Å². The molecule has 0 atom stereocenters. The Labute approximate surface area is 210 Å². The number of hydrogen-bond acceptors (Lipinski definition) is 8. The molecule has 2 aromatic carbocycles. The zero-order valence-corrected chi connectivity index (χ0v) is 21.4. The molecule has 1 aliphatic rings. The molecule has 4 aromatic rings. The first kappa shape index (κ1) is 24.2. The quantitative estimate of drug-likeness (QED) is 0.405. The minimum Gasteiger partial charge on any atom is -0.495 e. The lowest BCUT2D eigenvalue weighted by molar-refractivity contribution is 0.311. The van der Waals surface area contributed by atoms with Gasteiger partial charge in [0.2, 0.25) is 10.0 Å². The van der Waals surface area contributed by atoms with Crippen LogP contribution >= 0.6 is 0 Å². The largest absolute Gasteiger partial charge is 0.495 e. The van der Waals surface area contributed by atoms with Gasteiger partial charge in [-0.05, 0) is 43.9 Å². The summed E-state index contributed by atoms with van der Waals surface area (Å²) >= 11 is 0. The normalized spacial score (nSPS) is 14.9. The van der Waals surface area contributed by atoms with Gasteiger partial charge in [0, 0.05) is 38.2 Å². The Bertz CT molecular complexity index is 1490. The molecule has 11 heteroatoms. The molecule has 0 saturated carbocycles. The summed E-state index contributed by atoms with van der Waals surface area (Å²) in [7, 11) is 1.65. The highest BCUT2D eigenvalue weighted by Gasteiger charge is 2.19. The van der Waals surface area contributed by atoms with E-state index < -0.39 is 10.0 Å². The van der Waals surface area contributed by atoms with Crippen LogP contribution in [0.4, 0.5) is 5.69 Å². The smallest absolute Gasteiger partial charge is 0.240 e. The van der Waals surface area contributed by atoms with Crippen molar-refractivity contribution >= 4 is 21.4 Å². The van der Waals surface area contributed by atoms with Gasteiger partial charge in [0.05, 0.1) is 35.8 Å². The van der Waals surface area contributed by atoms with Gasteiger partial charge in [-0.1, -0.05) is 18.2 Å². The molecular formula is C25H29N7O3S. The van der Waals surface area contributed by atoms with Crippen molar-refractivity contribution < 1.29 is 13.2 Å². The van der Waals surface area contributed by atoms with Gasteiger partial charge in [-0.15, -0.1) is 0 Å². The van der Waals surface area contributed by atoms with E-state index in [2.05, 4.69) is 43.7 Å². The highest BCUT2D eigenvalue weighted by Crippen LogP contribution is 2.31. The number of ether oxygens (including phenoxy) is 1. The van der Waals surface area contributed by atoms with Crippen molar-refractivity contribution in [1.29, 1.82) is 0 Å². The zero-order valence-electron chi connectivity index (χ0n) is 20.5. The van der Waals surface area contributed by atoms with E-state index in [0.717, 1.165) is 43.2 Å². The Balaban J connectivity index is 1.44. The van der Waals surface area contributed by atoms with Gasteiger partial charge in [0.25, 0.3) is 0 Å². The number of aromatic nitrogens is 4. The van der Waals surface area contributed by atoms with Gasteiger partial charge in [-0.3, -0.25) is 4.98 Å². The minimum atomic E-state index is -3.57. The molecule has 3 heterocycles. The third-order valence-corrected chi connectivity index (χ3v) is 7.86. The molecule has 1 N–H and O–H groups in total. The number of hydrogen-bond donors (Lipinski definition) is 1. The van der Waals surface area contributed by atoms with Crippen molar-refractivity contribution in [2.45, 2.75) is 11.3 Å². The number of fused-ring (bicyclic) bond motifs is 1. The van der Waals surface area contributed by atoms with Crippen molar-refractivity contribution in [1.82, 2.24) is 29.2 Å². The number of methoxy groups -OCH3 is 1. The summed E-state index contributed by atoms with van der Waals surface area (Å²) in [5.74, 6) is 1.48. The monoisotopic (exact) mass is 507 g/mol. The first-order valence-electron chi connectivity index (χ1n) is 11.7. The van der Waals surface area contributed by atoms with E-state index in [1.807, 2.05) is 12.1 Å². The van der Waals surface area contributed by atoms with Crippen LogP contribution in [0.1, 0.15) is 11.4 Å². The predicted octanol–water partition coefficient (Wildman–Crippen LogP) is 2.05. The first-order valence-corrected chi connectivity index (χ1v) is 13.2. The number of piperazine rings is 1. The second kappa shape index (κ2) is 9.84. The van der Waals surface area contributed by atoms with E-state index in [4.69, 9.17) is 9.84 Å². The number of rotatable bonds is 7. The molecule has 5 rings (SSSR count). The molecule has 188 valence electrons. The van der Waals surface area contributed by atoms with Gasteiger partial charge >= 0.3 is 0 Å². The molecule has 10 nitrogen and oxygen atoms in total. The van der Waals surface area contributed by atoms with Gasteiger partial charge in [-0.25, -0.2) is 22.6 Å². The van der Waals surface area contributed by atoms with Crippen LogP contribution in [0.15, 0.2) is 59.8 Å². The van der Waals surface area contributed by atoms with Crippen molar-refractivity contribution in [2.24, 2.45) is 0 Å². The highest BCUT2D eigenvalue weighted by atomic mass is 32.2. The Kier molecular flexibility index (Phi) is 6.61. The van der Waals surface area contributed by atoms with Crippen LogP contribution in [0.3, 0.4) is 0 Å². The van der Waals surface area contributed by atoms with Crippen LogP contribution in [-0.4, -0.2) is 80.3 Å². The molecule has 0 aliphatic carbocycles. The fourth-order valence-corrected chi connectivity index (χ4v) is 5.17. The summed E-state index contributed by atoms with van der Waals surface area (Å²) in [4.78, 5) is 13.8. The lowest BCUT2D eigenvalue weighted by atomic mass is 10.1. The van der Waals surface area contributed by atoms with E-state index >= 15 is 0 Å². The Morgan fingerprint density at radius 2 is 1.86 bits per heavy atom. The molecule has 0 amide bonds. The number of anilines is 1. The van der Waals surface area contributed by atoms with Crippen LogP contribution in [0.25, 0.3) is 16.9 Å². The number of sulfonamides is 1. The lowest BCUT2D eigenvalue weighted by Gasteiger charge is -2.34. The van der Waals surface area contributed by atoms with Crippen molar-refractivity contribution in [3.8, 4) is 17.0 Å². The molecule has 1 aliphatic heterocycles. The second-order valence-corrected chi connectivity index (χ2v) is 10.7. The maximum Gasteiger partial charge on any atom is 0.240 e. The summed E-state index contributed by atoms with van der Waals surface area (Å²) in [6, 6.07) is 12.9. The second-order valence-electron chi connectivity index (χ2n) is 8.80. The maximum absolute atomic E-state index is 12.3. The summed E-state index contributed by atoms with van der Waals surface area (Å²) < 4.78 is 34.3. The summed E-state index contributed by atoms with van der Waals surface area (Å²) in [6.45, 7) is 3.98. The van der Waals surface area contributed by atoms with Crippen LogP contribution in [0, 0.1) is 0 Å². The van der Waals surface area contributed by atoms with Crippen LogP contribution in [0.2, 0.25) is 0 Å². The van der Waals surface area contributed by atoms with E-state index in [1.165, 1.54) is 7.05 Å². The summed E-state index contributed by atoms with van der Waals surface area (Å²) in [6.07, 6.45) is 3.82. The molecule has 0 bridgehead atoms. The van der Waals surface area contributed by atoms with Crippen LogP contribution in [0.5, 0.6) is 5.75 Å². The fraction of sp³-hybridized carbons (Fsp3) is 0.320. The molecule has 0 radical (unpaired) electrons. The zero-order chi connectivity index (χ0) is 25.3. The van der Waals surface area contributed by atoms with Crippen LogP contribution in [-0.2, 0) is 16.4 Å². The van der Waals surface area contributed by atoms with E-state index in [0.29, 0.717) is 29.1 Å². The Morgan fingerprint density at radius 3 is 2.61 bits per heavy atom. The van der Waals surface area contributed by atoms with E-state index in [1.54, 1.807) is 42.2 Å². The molecule has 2 aromatic heterocycles. The SMILES string of the molecule is CNS(=O)(=O)c1cccc(-c2cncc3nc(Cc4ccc(N5CCN(C)CC5)c(OC)c4)nn23)c1. The van der Waals surface area contributed by atoms with Gasteiger partial charge in [0.1, 0.15) is 5.75 Å². The van der Waals surface area contributed by atoms with E-state index in [9.17, 15) is 8.42 Å². The standard InChI is InChI=1S/C25H29N7O3S/c1-26-36(33,34)20-6-4-5-19(15-20)22-16-27-17-25-28-24(29-32(22)25)14-18-7-8-21(23(13-18)35-3)31-11-9-30(2)10-12-31/h4-8,13,15-17,26H,9-12,14H2,1-3H3.